The van der Waals surface area contributed by atoms with Crippen molar-refractivity contribution < 1.29 is 14.3 Å². The highest BCUT2D eigenvalue weighted by atomic mass is 32.2. The Kier molecular flexibility index (Phi) is 6.06. The molecule has 0 saturated carbocycles. The van der Waals surface area contributed by atoms with Crippen LogP contribution in [0.1, 0.15) is 11.1 Å². The lowest BCUT2D eigenvalue weighted by Gasteiger charge is -2.21. The predicted molar refractivity (Wildman–Crippen MR) is 117 cm³/mol. The zero-order chi connectivity index (χ0) is 20.2. The molecule has 2 aromatic carbocycles. The summed E-state index contributed by atoms with van der Waals surface area (Å²) in [5.74, 6) is 1.94. The Bertz CT molecular complexity index is 1000. The molecule has 150 valence electrons. The molecule has 3 aromatic rings. The molecule has 0 spiro atoms. The molecule has 1 aromatic heterocycles. The third-order valence-electron chi connectivity index (χ3n) is 4.60. The average Bonchev–Trinajstić information content (AvgIpc) is 3.21. The molecule has 0 aliphatic carbocycles. The van der Waals surface area contributed by atoms with Gasteiger partial charge in [-0.15, -0.1) is 11.3 Å². The number of carbonyl (C=O) groups is 1. The van der Waals surface area contributed by atoms with Gasteiger partial charge < -0.3 is 14.4 Å². The van der Waals surface area contributed by atoms with Crippen molar-refractivity contribution in [3.8, 4) is 22.8 Å². The van der Waals surface area contributed by atoms with Crippen LogP contribution in [0.25, 0.3) is 11.3 Å². The highest BCUT2D eigenvalue weighted by Crippen LogP contribution is 2.31. The molecular formula is C22H22N2O3S2. The minimum Gasteiger partial charge on any atom is -0.486 e. The molecule has 2 heterocycles. The van der Waals surface area contributed by atoms with Crippen molar-refractivity contribution in [1.29, 1.82) is 0 Å². The number of nitrogens with zero attached hydrogens (tertiary/aromatic N) is 2. The van der Waals surface area contributed by atoms with E-state index in [0.29, 0.717) is 25.5 Å². The van der Waals surface area contributed by atoms with Crippen LogP contribution in [0.2, 0.25) is 0 Å². The number of rotatable bonds is 6. The van der Waals surface area contributed by atoms with Gasteiger partial charge in [0.05, 0.1) is 11.4 Å². The van der Waals surface area contributed by atoms with Gasteiger partial charge in [-0.1, -0.05) is 47.7 Å². The van der Waals surface area contributed by atoms with Crippen LogP contribution in [-0.4, -0.2) is 41.8 Å². The van der Waals surface area contributed by atoms with E-state index in [0.717, 1.165) is 32.7 Å². The van der Waals surface area contributed by atoms with Crippen LogP contribution >= 0.6 is 23.1 Å². The predicted octanol–water partition coefficient (Wildman–Crippen LogP) is 4.64. The number of hydrogen-bond acceptors (Lipinski definition) is 6. The number of carbonyl (C=O) groups excluding carboxylic acids is 1. The van der Waals surface area contributed by atoms with Crippen LogP contribution in [0.5, 0.6) is 11.5 Å². The standard InChI is InChI=1S/C22H22N2O3S2/c1-15-3-6-17(7-4-15)18-13-28-22(23-18)29-14-21(25)24(2)12-16-5-8-19-20(11-16)27-10-9-26-19/h3-8,11,13H,9-10,12,14H2,1-2H3. The fourth-order valence-corrected chi connectivity index (χ4v) is 4.74. The number of amides is 1. The van der Waals surface area contributed by atoms with Crippen molar-refractivity contribution in [2.45, 2.75) is 17.8 Å². The third-order valence-corrected chi connectivity index (χ3v) is 6.61. The van der Waals surface area contributed by atoms with E-state index in [1.807, 2.05) is 30.6 Å². The molecule has 0 bridgehead atoms. The van der Waals surface area contributed by atoms with Crippen LogP contribution < -0.4 is 9.47 Å². The fourth-order valence-electron chi connectivity index (χ4n) is 2.96. The second-order valence-electron chi connectivity index (χ2n) is 6.88. The van der Waals surface area contributed by atoms with Gasteiger partial charge in [0, 0.05) is 24.5 Å². The normalized spacial score (nSPS) is 12.6. The summed E-state index contributed by atoms with van der Waals surface area (Å²) >= 11 is 3.05. The molecule has 0 N–H and O–H groups in total. The van der Waals surface area contributed by atoms with Crippen molar-refractivity contribution in [2.24, 2.45) is 0 Å². The van der Waals surface area contributed by atoms with Crippen LogP contribution in [0, 0.1) is 6.92 Å². The quantitative estimate of drug-likeness (QED) is 0.538. The monoisotopic (exact) mass is 426 g/mol. The first-order valence-electron chi connectivity index (χ1n) is 9.36. The number of aromatic nitrogens is 1. The molecule has 29 heavy (non-hydrogen) atoms. The molecule has 1 amide bonds. The second-order valence-corrected chi connectivity index (χ2v) is 8.96. The molecule has 1 aliphatic heterocycles. The Balaban J connectivity index is 1.32. The van der Waals surface area contributed by atoms with E-state index in [-0.39, 0.29) is 5.91 Å². The van der Waals surface area contributed by atoms with Gasteiger partial charge in [-0.2, -0.15) is 0 Å². The summed E-state index contributed by atoms with van der Waals surface area (Å²) < 4.78 is 12.1. The van der Waals surface area contributed by atoms with Crippen molar-refractivity contribution >= 4 is 29.0 Å². The topological polar surface area (TPSA) is 51.7 Å². The average molecular weight is 427 g/mol. The summed E-state index contributed by atoms with van der Waals surface area (Å²) in [6.45, 7) is 3.73. The number of benzene rings is 2. The number of aryl methyl sites for hydroxylation is 1. The van der Waals surface area contributed by atoms with E-state index in [9.17, 15) is 4.79 Å². The van der Waals surface area contributed by atoms with Crippen molar-refractivity contribution in [3.05, 3.63) is 59.0 Å². The van der Waals surface area contributed by atoms with E-state index >= 15 is 0 Å². The number of fused-ring (bicyclic) bond motifs is 1. The van der Waals surface area contributed by atoms with E-state index in [1.54, 1.807) is 16.2 Å². The molecular weight excluding hydrogens is 404 g/mol. The van der Waals surface area contributed by atoms with E-state index in [2.05, 4.69) is 36.2 Å². The van der Waals surface area contributed by atoms with Gasteiger partial charge in [0.2, 0.25) is 5.91 Å². The summed E-state index contributed by atoms with van der Waals surface area (Å²) in [5, 5.41) is 2.04. The smallest absolute Gasteiger partial charge is 0.233 e. The zero-order valence-electron chi connectivity index (χ0n) is 16.4. The minimum absolute atomic E-state index is 0.0666. The van der Waals surface area contributed by atoms with E-state index < -0.39 is 0 Å². The summed E-state index contributed by atoms with van der Waals surface area (Å²) in [7, 11) is 1.82. The minimum atomic E-state index is 0.0666. The van der Waals surface area contributed by atoms with Gasteiger partial charge in [-0.05, 0) is 24.6 Å². The first-order chi connectivity index (χ1) is 14.1. The van der Waals surface area contributed by atoms with E-state index in [1.165, 1.54) is 17.3 Å². The molecule has 5 nitrogen and oxygen atoms in total. The first-order valence-corrected chi connectivity index (χ1v) is 11.2. The van der Waals surface area contributed by atoms with Gasteiger partial charge in [-0.3, -0.25) is 4.79 Å². The zero-order valence-corrected chi connectivity index (χ0v) is 18.0. The Labute approximate surface area is 178 Å². The number of ether oxygens (including phenoxy) is 2. The molecule has 0 radical (unpaired) electrons. The fraction of sp³-hybridized carbons (Fsp3) is 0.273. The molecule has 7 heteroatoms. The maximum Gasteiger partial charge on any atom is 0.233 e. The van der Waals surface area contributed by atoms with Crippen molar-refractivity contribution in [1.82, 2.24) is 9.88 Å². The van der Waals surface area contributed by atoms with Crippen LogP contribution in [-0.2, 0) is 11.3 Å². The van der Waals surface area contributed by atoms with Gasteiger partial charge in [0.15, 0.2) is 15.8 Å². The molecule has 0 saturated heterocycles. The molecule has 0 atom stereocenters. The number of thioether (sulfide) groups is 1. The van der Waals surface area contributed by atoms with Gasteiger partial charge >= 0.3 is 0 Å². The van der Waals surface area contributed by atoms with Crippen molar-refractivity contribution in [2.75, 3.05) is 26.0 Å². The number of hydrogen-bond donors (Lipinski definition) is 0. The largest absolute Gasteiger partial charge is 0.486 e. The van der Waals surface area contributed by atoms with Gasteiger partial charge in [0.25, 0.3) is 0 Å². The Morgan fingerprint density at radius 1 is 1.14 bits per heavy atom. The molecule has 1 aliphatic rings. The molecule has 0 unspecified atom stereocenters. The lowest BCUT2D eigenvalue weighted by Crippen LogP contribution is -2.27. The Morgan fingerprint density at radius 2 is 1.90 bits per heavy atom. The third kappa shape index (κ3) is 4.92. The Morgan fingerprint density at radius 3 is 2.69 bits per heavy atom. The second kappa shape index (κ2) is 8.88. The van der Waals surface area contributed by atoms with Crippen LogP contribution in [0.15, 0.2) is 52.2 Å². The number of thiazole rings is 1. The summed E-state index contributed by atoms with van der Waals surface area (Å²) in [6, 6.07) is 14.1. The lowest BCUT2D eigenvalue weighted by molar-refractivity contribution is -0.127. The van der Waals surface area contributed by atoms with Crippen LogP contribution in [0.4, 0.5) is 0 Å². The summed E-state index contributed by atoms with van der Waals surface area (Å²) in [6.07, 6.45) is 0. The van der Waals surface area contributed by atoms with Gasteiger partial charge in [0.1, 0.15) is 13.2 Å². The van der Waals surface area contributed by atoms with Crippen molar-refractivity contribution in [3.63, 3.8) is 0 Å². The highest BCUT2D eigenvalue weighted by molar-refractivity contribution is 8.01. The summed E-state index contributed by atoms with van der Waals surface area (Å²) in [4.78, 5) is 18.9. The summed E-state index contributed by atoms with van der Waals surface area (Å²) in [5.41, 5.74) is 4.30. The van der Waals surface area contributed by atoms with E-state index in [4.69, 9.17) is 9.47 Å². The Hall–Kier alpha value is -2.51. The highest BCUT2D eigenvalue weighted by Gasteiger charge is 2.15. The lowest BCUT2D eigenvalue weighted by atomic mass is 10.1. The molecule has 0 fully saturated rings. The molecule has 4 rings (SSSR count). The maximum atomic E-state index is 12.5. The maximum absolute atomic E-state index is 12.5. The van der Waals surface area contributed by atoms with Gasteiger partial charge in [-0.25, -0.2) is 4.98 Å². The SMILES string of the molecule is Cc1ccc(-c2csc(SCC(=O)N(C)Cc3ccc4c(c3)OCCO4)n2)cc1. The van der Waals surface area contributed by atoms with Crippen LogP contribution in [0.3, 0.4) is 0 Å². The first kappa shape index (κ1) is 19.8.